The van der Waals surface area contributed by atoms with Gasteiger partial charge >= 0.3 is 5.63 Å². The molecule has 1 aliphatic heterocycles. The van der Waals surface area contributed by atoms with Crippen molar-refractivity contribution in [2.24, 2.45) is 0 Å². The van der Waals surface area contributed by atoms with Crippen LogP contribution in [0, 0.1) is 0 Å². The van der Waals surface area contributed by atoms with Crippen LogP contribution in [-0.2, 0) is 0 Å². The van der Waals surface area contributed by atoms with Crippen LogP contribution in [0.1, 0.15) is 0 Å². The number of phenolic OH excluding ortho intramolecular Hbond substituents is 2. The van der Waals surface area contributed by atoms with Crippen LogP contribution in [0.5, 0.6) is 23.0 Å². The lowest BCUT2D eigenvalue weighted by molar-refractivity contribution is 0.174. The Morgan fingerprint density at radius 1 is 0.955 bits per heavy atom. The molecule has 6 heteroatoms. The molecule has 2 aromatic carbocycles. The fourth-order valence-corrected chi connectivity index (χ4v) is 2.56. The van der Waals surface area contributed by atoms with E-state index >= 15 is 0 Å². The van der Waals surface area contributed by atoms with Crippen LogP contribution in [0.25, 0.3) is 22.1 Å². The summed E-state index contributed by atoms with van der Waals surface area (Å²) in [6.07, 6.45) is 0. The zero-order valence-electron chi connectivity index (χ0n) is 11.2. The maximum Gasteiger partial charge on any atom is 0.336 e. The smallest absolute Gasteiger partial charge is 0.336 e. The SMILES string of the molecule is O=c1cc(-c2ccc3c(c2)OCO3)c2c(O)cc(O)cc2o1. The molecule has 0 unspecified atom stereocenters. The molecule has 6 nitrogen and oxygen atoms in total. The van der Waals surface area contributed by atoms with Crippen molar-refractivity contribution in [2.75, 3.05) is 6.79 Å². The fraction of sp³-hybridized carbons (Fsp3) is 0.0625. The van der Waals surface area contributed by atoms with E-state index < -0.39 is 5.63 Å². The van der Waals surface area contributed by atoms with Gasteiger partial charge in [-0.3, -0.25) is 0 Å². The van der Waals surface area contributed by atoms with Gasteiger partial charge in [0.2, 0.25) is 6.79 Å². The molecular weight excluding hydrogens is 288 g/mol. The maximum atomic E-state index is 11.7. The van der Waals surface area contributed by atoms with E-state index in [4.69, 9.17) is 13.9 Å². The third-order valence-electron chi connectivity index (χ3n) is 3.49. The lowest BCUT2D eigenvalue weighted by Crippen LogP contribution is -1.98. The second-order valence-electron chi connectivity index (χ2n) is 4.89. The van der Waals surface area contributed by atoms with Gasteiger partial charge in [0.05, 0.1) is 5.39 Å². The third-order valence-corrected chi connectivity index (χ3v) is 3.49. The summed E-state index contributed by atoms with van der Waals surface area (Å²) in [6, 6.07) is 8.98. The Labute approximate surface area is 123 Å². The molecule has 0 atom stereocenters. The van der Waals surface area contributed by atoms with E-state index in [0.29, 0.717) is 28.0 Å². The van der Waals surface area contributed by atoms with Gasteiger partial charge in [-0.25, -0.2) is 4.79 Å². The predicted molar refractivity (Wildman–Crippen MR) is 77.4 cm³/mol. The largest absolute Gasteiger partial charge is 0.508 e. The minimum Gasteiger partial charge on any atom is -0.508 e. The summed E-state index contributed by atoms with van der Waals surface area (Å²) < 4.78 is 15.6. The quantitative estimate of drug-likeness (QED) is 0.671. The number of benzene rings is 2. The summed E-state index contributed by atoms with van der Waals surface area (Å²) in [5, 5.41) is 20.0. The molecule has 0 spiro atoms. The monoisotopic (exact) mass is 298 g/mol. The first-order valence-corrected chi connectivity index (χ1v) is 6.52. The van der Waals surface area contributed by atoms with E-state index in [2.05, 4.69) is 0 Å². The van der Waals surface area contributed by atoms with Crippen molar-refractivity contribution in [1.29, 1.82) is 0 Å². The zero-order chi connectivity index (χ0) is 15.3. The minimum absolute atomic E-state index is 0.109. The van der Waals surface area contributed by atoms with Crippen molar-refractivity contribution in [3.05, 3.63) is 46.8 Å². The van der Waals surface area contributed by atoms with Crippen LogP contribution in [0.4, 0.5) is 0 Å². The van der Waals surface area contributed by atoms with Gasteiger partial charge in [0.1, 0.15) is 17.1 Å². The number of hydrogen-bond acceptors (Lipinski definition) is 6. The molecule has 0 aliphatic carbocycles. The molecule has 4 rings (SSSR count). The molecule has 2 heterocycles. The Balaban J connectivity index is 2.04. The Kier molecular flexibility index (Phi) is 2.53. The van der Waals surface area contributed by atoms with E-state index in [9.17, 15) is 15.0 Å². The van der Waals surface area contributed by atoms with Crippen LogP contribution in [0.15, 0.2) is 45.6 Å². The fourth-order valence-electron chi connectivity index (χ4n) is 2.56. The Morgan fingerprint density at radius 3 is 2.64 bits per heavy atom. The van der Waals surface area contributed by atoms with Crippen LogP contribution < -0.4 is 15.1 Å². The lowest BCUT2D eigenvalue weighted by atomic mass is 10.0. The highest BCUT2D eigenvalue weighted by molar-refractivity contribution is 5.98. The molecule has 0 saturated carbocycles. The van der Waals surface area contributed by atoms with Crippen LogP contribution >= 0.6 is 0 Å². The third kappa shape index (κ3) is 1.85. The standard InChI is InChI=1S/C16H10O6/c17-9-4-11(18)16-10(6-15(19)22-14(16)5-9)8-1-2-12-13(3-8)21-7-20-12/h1-6,17-18H,7H2. The summed E-state index contributed by atoms with van der Waals surface area (Å²) in [5.41, 5.74) is 0.688. The van der Waals surface area contributed by atoms with E-state index in [-0.39, 0.29) is 23.9 Å². The van der Waals surface area contributed by atoms with Gasteiger partial charge in [-0.15, -0.1) is 0 Å². The molecule has 0 amide bonds. The first kappa shape index (κ1) is 12.6. The Bertz CT molecular complexity index is 957. The highest BCUT2D eigenvalue weighted by Gasteiger charge is 2.17. The first-order chi connectivity index (χ1) is 10.6. The molecule has 110 valence electrons. The van der Waals surface area contributed by atoms with Gasteiger partial charge in [-0.05, 0) is 17.7 Å². The summed E-state index contributed by atoms with van der Waals surface area (Å²) in [5.74, 6) is 0.831. The van der Waals surface area contributed by atoms with Gasteiger partial charge in [-0.1, -0.05) is 6.07 Å². The summed E-state index contributed by atoms with van der Waals surface area (Å²) in [6.45, 7) is 0.148. The topological polar surface area (TPSA) is 89.1 Å². The highest BCUT2D eigenvalue weighted by Crippen LogP contribution is 2.40. The Hall–Kier alpha value is -3.15. The second-order valence-corrected chi connectivity index (χ2v) is 4.89. The average Bonchev–Trinajstić information content (AvgIpc) is 2.92. The minimum atomic E-state index is -0.579. The number of hydrogen-bond donors (Lipinski definition) is 2. The summed E-state index contributed by atoms with van der Waals surface area (Å²) in [7, 11) is 0. The van der Waals surface area contributed by atoms with E-state index in [1.165, 1.54) is 18.2 Å². The summed E-state index contributed by atoms with van der Waals surface area (Å²) in [4.78, 5) is 11.7. The van der Waals surface area contributed by atoms with Crippen molar-refractivity contribution < 1.29 is 24.1 Å². The van der Waals surface area contributed by atoms with Crippen molar-refractivity contribution in [3.8, 4) is 34.1 Å². The first-order valence-electron chi connectivity index (χ1n) is 6.52. The molecule has 1 aliphatic rings. The molecule has 22 heavy (non-hydrogen) atoms. The zero-order valence-corrected chi connectivity index (χ0v) is 11.2. The van der Waals surface area contributed by atoms with Gasteiger partial charge in [-0.2, -0.15) is 0 Å². The molecule has 0 bridgehead atoms. The van der Waals surface area contributed by atoms with Crippen molar-refractivity contribution in [1.82, 2.24) is 0 Å². The van der Waals surface area contributed by atoms with Gasteiger partial charge in [0.15, 0.2) is 11.5 Å². The molecule has 0 fully saturated rings. The molecule has 2 N–H and O–H groups in total. The Morgan fingerprint density at radius 2 is 1.77 bits per heavy atom. The highest BCUT2D eigenvalue weighted by atomic mass is 16.7. The van der Waals surface area contributed by atoms with Crippen molar-refractivity contribution in [3.63, 3.8) is 0 Å². The normalized spacial score (nSPS) is 12.7. The number of ether oxygens (including phenoxy) is 2. The number of phenols is 2. The van der Waals surface area contributed by atoms with E-state index in [0.717, 1.165) is 0 Å². The molecule has 3 aromatic rings. The van der Waals surface area contributed by atoms with Crippen molar-refractivity contribution >= 4 is 11.0 Å². The molecule has 0 saturated heterocycles. The molecular formula is C16H10O6. The average molecular weight is 298 g/mol. The van der Waals surface area contributed by atoms with E-state index in [1.54, 1.807) is 18.2 Å². The second kappa shape index (κ2) is 4.42. The number of fused-ring (bicyclic) bond motifs is 2. The van der Waals surface area contributed by atoms with Crippen LogP contribution in [-0.4, -0.2) is 17.0 Å². The van der Waals surface area contributed by atoms with E-state index in [1.807, 2.05) is 0 Å². The van der Waals surface area contributed by atoms with Crippen LogP contribution in [0.3, 0.4) is 0 Å². The lowest BCUT2D eigenvalue weighted by Gasteiger charge is -2.08. The van der Waals surface area contributed by atoms with Crippen LogP contribution in [0.2, 0.25) is 0 Å². The van der Waals surface area contributed by atoms with Gasteiger partial charge in [0.25, 0.3) is 0 Å². The van der Waals surface area contributed by atoms with Gasteiger partial charge in [0, 0.05) is 23.8 Å². The predicted octanol–water partition coefficient (Wildman–Crippen LogP) is 2.60. The number of rotatable bonds is 1. The van der Waals surface area contributed by atoms with Gasteiger partial charge < -0.3 is 24.1 Å². The maximum absolute atomic E-state index is 11.7. The molecule has 1 aromatic heterocycles. The van der Waals surface area contributed by atoms with Crippen molar-refractivity contribution in [2.45, 2.75) is 0 Å². The molecule has 0 radical (unpaired) electrons. The summed E-state index contributed by atoms with van der Waals surface area (Å²) >= 11 is 0. The number of aromatic hydroxyl groups is 2.